The predicted molar refractivity (Wildman–Crippen MR) is 133 cm³/mol. The van der Waals surface area contributed by atoms with Gasteiger partial charge in [-0.2, -0.15) is 0 Å². The van der Waals surface area contributed by atoms with Crippen LogP contribution in [0.3, 0.4) is 0 Å². The third-order valence-corrected chi connectivity index (χ3v) is 8.88. The fourth-order valence-electron chi connectivity index (χ4n) is 6.90. The van der Waals surface area contributed by atoms with Crippen LogP contribution < -0.4 is 0 Å². The Bertz CT molecular complexity index is 801. The quantitative estimate of drug-likeness (QED) is 0.266. The highest BCUT2D eigenvalue weighted by Gasteiger charge is 2.38. The fraction of sp³-hybridized carbons (Fsp3) is 0.733. The van der Waals surface area contributed by atoms with Crippen LogP contribution in [0.25, 0.3) is 0 Å². The van der Waals surface area contributed by atoms with Crippen molar-refractivity contribution in [3.05, 3.63) is 46.5 Å². The first-order chi connectivity index (χ1) is 16.1. The molecule has 0 aliphatic heterocycles. The van der Waals surface area contributed by atoms with Crippen LogP contribution in [0.2, 0.25) is 0 Å². The van der Waals surface area contributed by atoms with Crippen LogP contribution >= 0.6 is 0 Å². The van der Waals surface area contributed by atoms with E-state index in [1.165, 1.54) is 25.7 Å². The monoisotopic (exact) mass is 458 g/mol. The third-order valence-electron chi connectivity index (χ3n) is 8.88. The van der Waals surface area contributed by atoms with Gasteiger partial charge in [-0.25, -0.2) is 8.78 Å². The minimum atomic E-state index is -0.535. The Morgan fingerprint density at radius 3 is 2.61 bits per heavy atom. The van der Waals surface area contributed by atoms with Crippen molar-refractivity contribution in [2.45, 2.75) is 116 Å². The lowest BCUT2D eigenvalue weighted by atomic mass is 9.65. The van der Waals surface area contributed by atoms with Gasteiger partial charge in [-0.15, -0.1) is 0 Å². The average molecular weight is 459 g/mol. The molecular formula is C30H44F2O. The summed E-state index contributed by atoms with van der Waals surface area (Å²) in [6, 6.07) is 2.07. The van der Waals surface area contributed by atoms with Crippen molar-refractivity contribution in [1.82, 2.24) is 0 Å². The fourth-order valence-corrected chi connectivity index (χ4v) is 6.90. The molecule has 0 amide bonds. The van der Waals surface area contributed by atoms with Crippen molar-refractivity contribution in [3.8, 4) is 0 Å². The maximum Gasteiger partial charge on any atom is 0.162 e. The van der Waals surface area contributed by atoms with E-state index in [-0.39, 0.29) is 5.92 Å². The van der Waals surface area contributed by atoms with Gasteiger partial charge in [-0.05, 0) is 105 Å². The minimum absolute atomic E-state index is 0.179. The normalized spacial score (nSPS) is 29.8. The summed E-state index contributed by atoms with van der Waals surface area (Å²) in [5.41, 5.74) is 2.46. The second-order valence-corrected chi connectivity index (χ2v) is 11.1. The molecule has 1 nitrogen and oxygen atoms in total. The van der Waals surface area contributed by atoms with Crippen molar-refractivity contribution in [1.29, 1.82) is 0 Å². The van der Waals surface area contributed by atoms with E-state index < -0.39 is 11.6 Å². The van der Waals surface area contributed by atoms with Gasteiger partial charge in [0.15, 0.2) is 11.6 Å². The molecule has 5 atom stereocenters. The Morgan fingerprint density at radius 2 is 1.79 bits per heavy atom. The molecule has 5 unspecified atom stereocenters. The molecular weight excluding hydrogens is 414 g/mol. The summed E-state index contributed by atoms with van der Waals surface area (Å²) in [7, 11) is 0. The van der Waals surface area contributed by atoms with Gasteiger partial charge in [0.25, 0.3) is 0 Å². The molecule has 1 aromatic rings. The van der Waals surface area contributed by atoms with Gasteiger partial charge in [0, 0.05) is 0 Å². The van der Waals surface area contributed by atoms with E-state index in [1.807, 2.05) is 13.0 Å². The maximum atomic E-state index is 15.3. The first kappa shape index (κ1) is 24.9. The summed E-state index contributed by atoms with van der Waals surface area (Å²) in [6.45, 7) is 4.96. The van der Waals surface area contributed by atoms with Crippen LogP contribution in [0, 0.1) is 29.4 Å². The zero-order valence-electron chi connectivity index (χ0n) is 20.9. The standard InChI is InChI=1S/C30H44F2O/c1-3-5-7-8-9-21-10-11-25-20-28(30(32)29(31)27(25)17-21)24-13-12-23-19-26(33-16-6-4-2)15-14-22(23)18-24/h4,6,20-24,26H,3,5,7-19H2,1-2H3/b6-4+. The number of hydrogen-bond acceptors (Lipinski definition) is 1. The molecule has 0 saturated heterocycles. The molecule has 1 aromatic carbocycles. The number of rotatable bonds is 9. The maximum absolute atomic E-state index is 15.3. The van der Waals surface area contributed by atoms with Crippen LogP contribution in [-0.2, 0) is 17.6 Å². The first-order valence-corrected chi connectivity index (χ1v) is 13.8. The van der Waals surface area contributed by atoms with Crippen molar-refractivity contribution in [2.24, 2.45) is 17.8 Å². The van der Waals surface area contributed by atoms with E-state index in [4.69, 9.17) is 4.74 Å². The van der Waals surface area contributed by atoms with Crippen LogP contribution in [-0.4, -0.2) is 12.7 Å². The number of fused-ring (bicyclic) bond motifs is 2. The molecule has 0 spiro atoms. The third kappa shape index (κ3) is 6.08. The van der Waals surface area contributed by atoms with Crippen LogP contribution in [0.4, 0.5) is 8.78 Å². The van der Waals surface area contributed by atoms with Gasteiger partial charge in [-0.1, -0.05) is 57.2 Å². The molecule has 0 radical (unpaired) electrons. The molecule has 0 bridgehead atoms. The molecule has 33 heavy (non-hydrogen) atoms. The summed E-state index contributed by atoms with van der Waals surface area (Å²) in [5, 5.41) is 0. The zero-order chi connectivity index (χ0) is 23.2. The smallest absolute Gasteiger partial charge is 0.162 e. The molecule has 0 N–H and O–H groups in total. The highest BCUT2D eigenvalue weighted by atomic mass is 19.2. The Hall–Kier alpha value is -1.22. The summed E-state index contributed by atoms with van der Waals surface area (Å²) >= 11 is 0. The topological polar surface area (TPSA) is 9.23 Å². The SMILES string of the molecule is C/C=C/COC1CCC2CC(c3cc4c(c(F)c3F)CC(CCCCCC)CC4)CCC2C1. The first-order valence-electron chi connectivity index (χ1n) is 13.8. The Labute approximate surface area is 200 Å². The number of unbranched alkanes of at least 4 members (excludes halogenated alkanes) is 3. The number of allylic oxidation sites excluding steroid dienone is 1. The highest BCUT2D eigenvalue weighted by Crippen LogP contribution is 2.48. The Morgan fingerprint density at radius 1 is 0.970 bits per heavy atom. The number of benzene rings is 1. The average Bonchev–Trinajstić information content (AvgIpc) is 2.84. The van der Waals surface area contributed by atoms with E-state index in [2.05, 4.69) is 19.1 Å². The minimum Gasteiger partial charge on any atom is -0.374 e. The van der Waals surface area contributed by atoms with Gasteiger partial charge < -0.3 is 4.74 Å². The number of aryl methyl sites for hydroxylation is 1. The molecule has 0 heterocycles. The Kier molecular flexibility index (Phi) is 9.02. The molecule has 3 heteroatoms. The summed E-state index contributed by atoms with van der Waals surface area (Å²) in [5.74, 6) is 0.963. The Balaban J connectivity index is 1.37. The lowest BCUT2D eigenvalue weighted by Gasteiger charge is -2.42. The molecule has 3 aliphatic rings. The van der Waals surface area contributed by atoms with Crippen molar-refractivity contribution < 1.29 is 13.5 Å². The number of hydrogen-bond donors (Lipinski definition) is 0. The van der Waals surface area contributed by atoms with Crippen molar-refractivity contribution in [3.63, 3.8) is 0 Å². The second kappa shape index (κ2) is 12.0. The number of ether oxygens (including phenoxy) is 1. The summed E-state index contributed by atoms with van der Waals surface area (Å²) < 4.78 is 36.6. The van der Waals surface area contributed by atoms with Crippen LogP contribution in [0.1, 0.15) is 114 Å². The number of halogens is 2. The predicted octanol–water partition coefficient (Wildman–Crippen LogP) is 8.69. The van der Waals surface area contributed by atoms with Crippen molar-refractivity contribution in [2.75, 3.05) is 6.61 Å². The lowest BCUT2D eigenvalue weighted by Crippen LogP contribution is -2.34. The van der Waals surface area contributed by atoms with E-state index in [0.29, 0.717) is 41.6 Å². The largest absolute Gasteiger partial charge is 0.374 e. The van der Waals surface area contributed by atoms with Gasteiger partial charge in [-0.3, -0.25) is 0 Å². The molecule has 2 fully saturated rings. The van der Waals surface area contributed by atoms with E-state index in [1.54, 1.807) is 0 Å². The van der Waals surface area contributed by atoms with Gasteiger partial charge >= 0.3 is 0 Å². The van der Waals surface area contributed by atoms with Crippen LogP contribution in [0.15, 0.2) is 18.2 Å². The molecule has 4 rings (SSSR count). The van der Waals surface area contributed by atoms with E-state index in [9.17, 15) is 0 Å². The van der Waals surface area contributed by atoms with Gasteiger partial charge in [0.2, 0.25) is 0 Å². The molecule has 0 aromatic heterocycles. The molecule has 2 saturated carbocycles. The molecule has 184 valence electrons. The van der Waals surface area contributed by atoms with Crippen LogP contribution in [0.5, 0.6) is 0 Å². The van der Waals surface area contributed by atoms with E-state index in [0.717, 1.165) is 69.8 Å². The summed E-state index contributed by atoms with van der Waals surface area (Å²) in [6.07, 6.45) is 20.0. The molecule has 3 aliphatic carbocycles. The van der Waals surface area contributed by atoms with Crippen molar-refractivity contribution >= 4 is 0 Å². The van der Waals surface area contributed by atoms with E-state index >= 15 is 8.78 Å². The van der Waals surface area contributed by atoms with Gasteiger partial charge in [0.05, 0.1) is 12.7 Å². The highest BCUT2D eigenvalue weighted by molar-refractivity contribution is 5.38. The second-order valence-electron chi connectivity index (χ2n) is 11.1. The summed E-state index contributed by atoms with van der Waals surface area (Å²) in [4.78, 5) is 0. The van der Waals surface area contributed by atoms with Gasteiger partial charge in [0.1, 0.15) is 0 Å². The zero-order valence-corrected chi connectivity index (χ0v) is 20.9. The lowest BCUT2D eigenvalue weighted by molar-refractivity contribution is -0.00337.